The van der Waals surface area contributed by atoms with E-state index in [0.717, 1.165) is 72.0 Å². The topological polar surface area (TPSA) is 89.5 Å². The average Bonchev–Trinajstić information content (AvgIpc) is 3.25. The van der Waals surface area contributed by atoms with Crippen LogP contribution in [-0.4, -0.2) is 62.5 Å². The van der Waals surface area contributed by atoms with Gasteiger partial charge in [0.15, 0.2) is 0 Å². The number of nitrogens with two attached hydrogens (primary N) is 1. The number of benzene rings is 2. The molecule has 2 aromatic carbocycles. The number of piperidine rings is 1. The number of para-hydroxylation sites is 1. The smallest absolute Gasteiger partial charge is 0.245 e. The van der Waals surface area contributed by atoms with E-state index in [1.807, 2.05) is 71.1 Å². The van der Waals surface area contributed by atoms with Crippen molar-refractivity contribution in [3.8, 4) is 34.5 Å². The van der Waals surface area contributed by atoms with Crippen LogP contribution in [0.1, 0.15) is 19.0 Å². The second-order valence-electron chi connectivity index (χ2n) is 10.9. The zero-order chi connectivity index (χ0) is 28.5. The predicted molar refractivity (Wildman–Crippen MR) is 161 cm³/mol. The molecule has 8 nitrogen and oxygen atoms in total. The van der Waals surface area contributed by atoms with Gasteiger partial charge < -0.3 is 19.9 Å². The molecule has 0 aliphatic carbocycles. The van der Waals surface area contributed by atoms with Crippen molar-refractivity contribution in [3.05, 3.63) is 79.3 Å². The molecular weight excluding hydrogens is 512 g/mol. The van der Waals surface area contributed by atoms with Gasteiger partial charge in [-0.2, -0.15) is 0 Å². The van der Waals surface area contributed by atoms with E-state index >= 15 is 0 Å². The number of ether oxygens (including phenoxy) is 1. The molecule has 2 aliphatic rings. The van der Waals surface area contributed by atoms with Crippen molar-refractivity contribution in [2.75, 3.05) is 31.9 Å². The maximum absolute atomic E-state index is 12.0. The second kappa shape index (κ2) is 11.1. The summed E-state index contributed by atoms with van der Waals surface area (Å²) in [5.74, 6) is 9.71. The number of nitrogens with zero attached hydrogens (tertiary/aromatic N) is 5. The maximum Gasteiger partial charge on any atom is 0.245 e. The molecule has 4 aromatic rings. The molecule has 0 radical (unpaired) electrons. The molecule has 0 spiro atoms. The van der Waals surface area contributed by atoms with E-state index in [0.29, 0.717) is 17.8 Å². The van der Waals surface area contributed by atoms with Gasteiger partial charge in [-0.1, -0.05) is 49.8 Å². The third-order valence-corrected chi connectivity index (χ3v) is 8.24. The Labute approximate surface area is 240 Å². The van der Waals surface area contributed by atoms with E-state index < -0.39 is 0 Å². The van der Waals surface area contributed by atoms with Crippen molar-refractivity contribution < 1.29 is 9.53 Å². The molecular formula is C33H34N6O2. The molecule has 0 unspecified atom stereocenters. The van der Waals surface area contributed by atoms with E-state index in [-0.39, 0.29) is 11.8 Å². The summed E-state index contributed by atoms with van der Waals surface area (Å²) in [5, 5.41) is 0.806. The lowest BCUT2D eigenvalue weighted by molar-refractivity contribution is -0.129. The number of aromatic nitrogens is 3. The van der Waals surface area contributed by atoms with Crippen LogP contribution in [0, 0.1) is 23.7 Å². The number of rotatable bonds is 5. The Bertz CT molecular complexity index is 1640. The van der Waals surface area contributed by atoms with E-state index in [4.69, 9.17) is 10.5 Å². The highest BCUT2D eigenvalue weighted by atomic mass is 16.5. The molecule has 2 aliphatic heterocycles. The number of carbonyl (C=O) groups is 1. The minimum Gasteiger partial charge on any atom is -0.457 e. The minimum absolute atomic E-state index is 0.0251. The number of amides is 1. The van der Waals surface area contributed by atoms with Crippen LogP contribution in [0.25, 0.3) is 22.2 Å². The summed E-state index contributed by atoms with van der Waals surface area (Å²) in [6.07, 6.45) is 3.89. The van der Waals surface area contributed by atoms with Crippen LogP contribution in [0.15, 0.2) is 73.6 Å². The van der Waals surface area contributed by atoms with Crippen LogP contribution in [0.3, 0.4) is 0 Å². The molecule has 2 saturated heterocycles. The first kappa shape index (κ1) is 26.6. The van der Waals surface area contributed by atoms with Gasteiger partial charge in [0.2, 0.25) is 5.91 Å². The summed E-state index contributed by atoms with van der Waals surface area (Å²) >= 11 is 0. The third-order valence-electron chi connectivity index (χ3n) is 8.24. The number of hydrogen-bond acceptors (Lipinski definition) is 6. The number of aryl methyl sites for hydroxylation is 1. The van der Waals surface area contributed by atoms with Crippen molar-refractivity contribution in [2.45, 2.75) is 19.4 Å². The van der Waals surface area contributed by atoms with E-state index in [2.05, 4.69) is 40.2 Å². The molecule has 2 aromatic heterocycles. The van der Waals surface area contributed by atoms with Crippen molar-refractivity contribution in [1.29, 1.82) is 0 Å². The van der Waals surface area contributed by atoms with Crippen molar-refractivity contribution in [1.82, 2.24) is 24.3 Å². The van der Waals surface area contributed by atoms with Gasteiger partial charge in [0.1, 0.15) is 35.0 Å². The molecule has 4 heterocycles. The summed E-state index contributed by atoms with van der Waals surface area (Å²) in [7, 11) is 1.97. The van der Waals surface area contributed by atoms with Crippen LogP contribution >= 0.6 is 0 Å². The van der Waals surface area contributed by atoms with E-state index in [1.54, 1.807) is 0 Å². The highest BCUT2D eigenvalue weighted by Crippen LogP contribution is 2.37. The fourth-order valence-electron chi connectivity index (χ4n) is 6.07. The summed E-state index contributed by atoms with van der Waals surface area (Å²) in [5.41, 5.74) is 9.91. The zero-order valence-electron chi connectivity index (χ0n) is 23.5. The number of carbonyl (C=O) groups excluding carboxylic acids is 1. The average molecular weight is 547 g/mol. The molecule has 2 N–H and O–H groups in total. The lowest BCUT2D eigenvalue weighted by Crippen LogP contribution is -2.58. The number of anilines is 1. The summed E-state index contributed by atoms with van der Waals surface area (Å²) in [6, 6.07) is 18.2. The van der Waals surface area contributed by atoms with Gasteiger partial charge in [0.25, 0.3) is 0 Å². The van der Waals surface area contributed by atoms with Crippen LogP contribution in [0.5, 0.6) is 11.5 Å². The Hall–Kier alpha value is -4.61. The molecule has 0 saturated carbocycles. The Morgan fingerprint density at radius 2 is 1.80 bits per heavy atom. The Morgan fingerprint density at radius 3 is 2.51 bits per heavy atom. The summed E-state index contributed by atoms with van der Waals surface area (Å²) < 4.78 is 8.01. The van der Waals surface area contributed by atoms with Crippen LogP contribution in [-0.2, 0) is 11.8 Å². The van der Waals surface area contributed by atoms with Gasteiger partial charge in [-0.05, 0) is 54.2 Å². The number of hydrogen-bond donors (Lipinski definition) is 1. The van der Waals surface area contributed by atoms with Crippen molar-refractivity contribution >= 4 is 22.8 Å². The monoisotopic (exact) mass is 546 g/mol. The largest absolute Gasteiger partial charge is 0.457 e. The highest BCUT2D eigenvalue weighted by Gasteiger charge is 2.37. The zero-order valence-corrected chi connectivity index (χ0v) is 23.5. The van der Waals surface area contributed by atoms with Gasteiger partial charge in [0, 0.05) is 50.7 Å². The quantitative estimate of drug-likeness (QED) is 0.288. The lowest BCUT2D eigenvalue weighted by atomic mass is 9.87. The third kappa shape index (κ3) is 5.17. The second-order valence-corrected chi connectivity index (χ2v) is 10.9. The number of likely N-dealkylation sites (tertiary alicyclic amines) is 2. The standard InChI is InChI=1S/C33H34N6O2/c1-4-29(40)38-17-16-27(22(2)18-38)39-19-23(20-39)10-15-28-30(31-32(34)35-21-36-33(31)37(28)3)24-11-13-26(14-12-24)41-25-8-6-5-7-9-25/h4-9,11-14,21-23,27H,1,16-20H2,2-3H3,(H2,34,35,36)/t22-,27+/m1/s1. The number of nitrogen functional groups attached to an aromatic ring is 1. The first-order valence-electron chi connectivity index (χ1n) is 14.0. The van der Waals surface area contributed by atoms with Crippen LogP contribution in [0.2, 0.25) is 0 Å². The van der Waals surface area contributed by atoms with E-state index in [9.17, 15) is 4.79 Å². The van der Waals surface area contributed by atoms with Gasteiger partial charge in [0.05, 0.1) is 5.39 Å². The lowest BCUT2D eigenvalue weighted by Gasteiger charge is -2.48. The van der Waals surface area contributed by atoms with Crippen LogP contribution < -0.4 is 10.5 Å². The fourth-order valence-corrected chi connectivity index (χ4v) is 6.07. The minimum atomic E-state index is 0.0251. The predicted octanol–water partition coefficient (Wildman–Crippen LogP) is 4.72. The van der Waals surface area contributed by atoms with Crippen molar-refractivity contribution in [2.24, 2.45) is 18.9 Å². The Balaban J connectivity index is 1.23. The highest BCUT2D eigenvalue weighted by molar-refractivity contribution is 6.03. The molecule has 0 bridgehead atoms. The van der Waals surface area contributed by atoms with Gasteiger partial charge in [-0.25, -0.2) is 9.97 Å². The fraction of sp³-hybridized carbons (Fsp3) is 0.303. The van der Waals surface area contributed by atoms with Gasteiger partial charge >= 0.3 is 0 Å². The molecule has 6 rings (SSSR count). The van der Waals surface area contributed by atoms with Crippen LogP contribution in [0.4, 0.5) is 5.82 Å². The molecule has 41 heavy (non-hydrogen) atoms. The molecule has 1 amide bonds. The van der Waals surface area contributed by atoms with Gasteiger partial charge in [-0.15, -0.1) is 0 Å². The maximum atomic E-state index is 12.0. The Morgan fingerprint density at radius 1 is 1.07 bits per heavy atom. The Kier molecular flexibility index (Phi) is 7.21. The molecule has 2 atom stereocenters. The van der Waals surface area contributed by atoms with Crippen molar-refractivity contribution in [3.63, 3.8) is 0 Å². The molecule has 208 valence electrons. The van der Waals surface area contributed by atoms with Gasteiger partial charge in [-0.3, -0.25) is 9.69 Å². The van der Waals surface area contributed by atoms with E-state index in [1.165, 1.54) is 12.4 Å². The SMILES string of the molecule is C=CC(=O)N1CC[C@H](N2CC(C#Cc3c(-c4ccc(Oc5ccccc5)cc4)c4c(N)ncnc4n3C)C2)[C@H](C)C1. The number of fused-ring (bicyclic) bond motifs is 1. The first-order valence-corrected chi connectivity index (χ1v) is 14.0. The molecule has 2 fully saturated rings. The summed E-state index contributed by atoms with van der Waals surface area (Å²) in [6.45, 7) is 9.29. The molecule has 8 heteroatoms. The normalized spacial score (nSPS) is 19.3. The first-order chi connectivity index (χ1) is 19.9. The summed E-state index contributed by atoms with van der Waals surface area (Å²) in [4.78, 5) is 25.3.